The number of hydrazine groups is 1. The lowest BCUT2D eigenvalue weighted by atomic mass is 10.0. The zero-order valence-corrected chi connectivity index (χ0v) is 18.2. The SMILES string of the molecule is NCCNC(=O)c1ccc(C#Cc2ccc(-c3cc(C(=O)NN)c4cnccc4n3)cc2)cc1. The van der Waals surface area contributed by atoms with Gasteiger partial charge >= 0.3 is 0 Å². The number of carbonyl (C=O) groups excluding carboxylic acids is 2. The third kappa shape index (κ3) is 5.07. The van der Waals surface area contributed by atoms with Crippen molar-refractivity contribution in [2.75, 3.05) is 13.1 Å². The highest BCUT2D eigenvalue weighted by molar-refractivity contribution is 6.06. The van der Waals surface area contributed by atoms with Crippen molar-refractivity contribution < 1.29 is 9.59 Å². The maximum Gasteiger partial charge on any atom is 0.265 e. The Kier molecular flexibility index (Phi) is 6.89. The molecule has 2 aromatic heterocycles. The van der Waals surface area contributed by atoms with Gasteiger partial charge in [-0.05, 0) is 48.5 Å². The lowest BCUT2D eigenvalue weighted by Gasteiger charge is -2.08. The largest absolute Gasteiger partial charge is 0.351 e. The van der Waals surface area contributed by atoms with Gasteiger partial charge in [0.2, 0.25) is 0 Å². The molecule has 2 heterocycles. The van der Waals surface area contributed by atoms with Crippen molar-refractivity contribution in [2.45, 2.75) is 0 Å². The second-order valence-electron chi connectivity index (χ2n) is 7.37. The van der Waals surface area contributed by atoms with Gasteiger partial charge in [0.25, 0.3) is 11.8 Å². The van der Waals surface area contributed by atoms with Crippen molar-refractivity contribution in [1.29, 1.82) is 0 Å². The first-order chi connectivity index (χ1) is 16.6. The molecule has 0 aliphatic carbocycles. The fraction of sp³-hybridized carbons (Fsp3) is 0.0769. The molecule has 168 valence electrons. The van der Waals surface area contributed by atoms with E-state index in [0.717, 1.165) is 16.7 Å². The van der Waals surface area contributed by atoms with Crippen molar-refractivity contribution in [2.24, 2.45) is 11.6 Å². The maximum absolute atomic E-state index is 12.3. The van der Waals surface area contributed by atoms with Crippen LogP contribution in [0.5, 0.6) is 0 Å². The predicted molar refractivity (Wildman–Crippen MR) is 130 cm³/mol. The summed E-state index contributed by atoms with van der Waals surface area (Å²) in [6.45, 7) is 0.830. The number of hydrogen-bond donors (Lipinski definition) is 4. The molecule has 0 spiro atoms. The number of fused-ring (bicyclic) bond motifs is 1. The Bertz CT molecular complexity index is 1400. The number of aromatic nitrogens is 2. The van der Waals surface area contributed by atoms with Gasteiger partial charge in [-0.3, -0.25) is 20.0 Å². The van der Waals surface area contributed by atoms with Gasteiger partial charge < -0.3 is 11.1 Å². The van der Waals surface area contributed by atoms with Gasteiger partial charge in [-0.15, -0.1) is 0 Å². The average Bonchev–Trinajstić information content (AvgIpc) is 2.90. The molecule has 8 heteroatoms. The van der Waals surface area contributed by atoms with Gasteiger partial charge in [0, 0.05) is 53.1 Å². The Hall–Kier alpha value is -4.58. The van der Waals surface area contributed by atoms with Gasteiger partial charge in [0.15, 0.2) is 0 Å². The first-order valence-corrected chi connectivity index (χ1v) is 10.6. The van der Waals surface area contributed by atoms with Crippen molar-refractivity contribution in [3.63, 3.8) is 0 Å². The monoisotopic (exact) mass is 450 g/mol. The first kappa shape index (κ1) is 22.6. The molecule has 0 saturated carbocycles. The van der Waals surface area contributed by atoms with E-state index >= 15 is 0 Å². The molecule has 0 unspecified atom stereocenters. The molecule has 2 amide bonds. The third-order valence-electron chi connectivity index (χ3n) is 5.09. The van der Waals surface area contributed by atoms with E-state index in [2.05, 4.69) is 32.6 Å². The van der Waals surface area contributed by atoms with E-state index in [1.165, 1.54) is 0 Å². The lowest BCUT2D eigenvalue weighted by Crippen LogP contribution is -2.30. The van der Waals surface area contributed by atoms with Crippen LogP contribution in [-0.2, 0) is 0 Å². The molecule has 0 atom stereocenters. The molecule has 0 aliphatic rings. The average molecular weight is 451 g/mol. The first-order valence-electron chi connectivity index (χ1n) is 10.6. The number of carbonyl (C=O) groups is 2. The number of nitrogens with one attached hydrogen (secondary N) is 2. The molecule has 34 heavy (non-hydrogen) atoms. The Labute approximate surface area is 196 Å². The van der Waals surface area contributed by atoms with Crippen LogP contribution in [0, 0.1) is 11.8 Å². The lowest BCUT2D eigenvalue weighted by molar-refractivity contribution is 0.0947. The van der Waals surface area contributed by atoms with Crippen LogP contribution >= 0.6 is 0 Å². The van der Waals surface area contributed by atoms with E-state index in [9.17, 15) is 9.59 Å². The van der Waals surface area contributed by atoms with Crippen LogP contribution in [-0.4, -0.2) is 34.9 Å². The molecule has 2 aromatic carbocycles. The summed E-state index contributed by atoms with van der Waals surface area (Å²) in [5.41, 5.74) is 12.3. The zero-order valence-electron chi connectivity index (χ0n) is 18.2. The quantitative estimate of drug-likeness (QED) is 0.159. The number of nitrogen functional groups attached to an aromatic ring is 1. The summed E-state index contributed by atoms with van der Waals surface area (Å²) in [7, 11) is 0. The molecule has 6 N–H and O–H groups in total. The van der Waals surface area contributed by atoms with Gasteiger partial charge in [0.1, 0.15) is 0 Å². The topological polar surface area (TPSA) is 136 Å². The summed E-state index contributed by atoms with van der Waals surface area (Å²) in [5.74, 6) is 11.0. The minimum Gasteiger partial charge on any atom is -0.351 e. The van der Waals surface area contributed by atoms with Crippen molar-refractivity contribution in [3.05, 3.63) is 95.3 Å². The zero-order chi connectivity index (χ0) is 23.9. The van der Waals surface area contributed by atoms with E-state index < -0.39 is 5.91 Å². The molecule has 0 bridgehead atoms. The summed E-state index contributed by atoms with van der Waals surface area (Å²) in [6.07, 6.45) is 3.22. The van der Waals surface area contributed by atoms with E-state index in [1.54, 1.807) is 48.8 Å². The number of rotatable bonds is 5. The molecule has 0 saturated heterocycles. The molecule has 0 fully saturated rings. The van der Waals surface area contributed by atoms with E-state index in [-0.39, 0.29) is 5.91 Å². The van der Waals surface area contributed by atoms with Crippen LogP contribution in [0.1, 0.15) is 31.8 Å². The predicted octanol–water partition coefficient (Wildman–Crippen LogP) is 1.99. The number of pyridine rings is 2. The summed E-state index contributed by atoms with van der Waals surface area (Å²) in [5, 5.41) is 3.36. The molecular weight excluding hydrogens is 428 g/mol. The maximum atomic E-state index is 12.3. The fourth-order valence-corrected chi connectivity index (χ4v) is 3.34. The Balaban J connectivity index is 1.55. The minimum atomic E-state index is -0.410. The Morgan fingerprint density at radius 2 is 1.59 bits per heavy atom. The Morgan fingerprint density at radius 3 is 2.24 bits per heavy atom. The number of nitrogens with zero attached hydrogens (tertiary/aromatic N) is 2. The molecule has 4 rings (SSSR count). The van der Waals surface area contributed by atoms with Gasteiger partial charge in [0.05, 0.1) is 16.8 Å². The van der Waals surface area contributed by atoms with Crippen LogP contribution in [0.3, 0.4) is 0 Å². The van der Waals surface area contributed by atoms with Crippen LogP contribution in [0.15, 0.2) is 73.1 Å². The van der Waals surface area contributed by atoms with Crippen LogP contribution in [0.2, 0.25) is 0 Å². The fourth-order valence-electron chi connectivity index (χ4n) is 3.34. The number of benzene rings is 2. The highest BCUT2D eigenvalue weighted by atomic mass is 16.2. The number of nitrogens with two attached hydrogens (primary N) is 2. The molecule has 4 aromatic rings. The van der Waals surface area contributed by atoms with E-state index in [0.29, 0.717) is 40.8 Å². The summed E-state index contributed by atoms with van der Waals surface area (Å²) in [6, 6.07) is 18.1. The highest BCUT2D eigenvalue weighted by Crippen LogP contribution is 2.24. The number of amides is 2. The van der Waals surface area contributed by atoms with Gasteiger partial charge in [-0.25, -0.2) is 10.8 Å². The standard InChI is InChI=1S/C26H22N6O2/c27-12-14-30-25(33)20-9-5-18(6-10-20)2-1-17-3-7-19(8-4-17)24-15-21(26(34)32-28)22-16-29-13-11-23(22)31-24/h3-11,13,15-16H,12,14,27-28H2,(H,30,33)(H,32,34). The summed E-state index contributed by atoms with van der Waals surface area (Å²) in [4.78, 5) is 32.9. The van der Waals surface area contributed by atoms with Crippen molar-refractivity contribution >= 4 is 22.7 Å². The minimum absolute atomic E-state index is 0.161. The molecule has 8 nitrogen and oxygen atoms in total. The van der Waals surface area contributed by atoms with E-state index in [4.69, 9.17) is 11.6 Å². The molecular formula is C26H22N6O2. The van der Waals surface area contributed by atoms with Crippen molar-refractivity contribution in [3.8, 4) is 23.1 Å². The summed E-state index contributed by atoms with van der Waals surface area (Å²) < 4.78 is 0. The second kappa shape index (κ2) is 10.4. The van der Waals surface area contributed by atoms with Gasteiger partial charge in [-0.2, -0.15) is 0 Å². The normalized spacial score (nSPS) is 10.3. The smallest absolute Gasteiger partial charge is 0.265 e. The molecule has 0 radical (unpaired) electrons. The highest BCUT2D eigenvalue weighted by Gasteiger charge is 2.13. The summed E-state index contributed by atoms with van der Waals surface area (Å²) >= 11 is 0. The Morgan fingerprint density at radius 1 is 0.912 bits per heavy atom. The molecule has 0 aliphatic heterocycles. The van der Waals surface area contributed by atoms with Crippen LogP contribution < -0.4 is 22.3 Å². The van der Waals surface area contributed by atoms with Gasteiger partial charge in [-0.1, -0.05) is 24.0 Å². The second-order valence-corrected chi connectivity index (χ2v) is 7.37. The van der Waals surface area contributed by atoms with Crippen LogP contribution in [0.25, 0.3) is 22.2 Å². The van der Waals surface area contributed by atoms with Crippen LogP contribution in [0.4, 0.5) is 0 Å². The number of hydrogen-bond acceptors (Lipinski definition) is 6. The van der Waals surface area contributed by atoms with Crippen molar-refractivity contribution in [1.82, 2.24) is 20.7 Å². The van der Waals surface area contributed by atoms with E-state index in [1.807, 2.05) is 24.3 Å². The third-order valence-corrected chi connectivity index (χ3v) is 5.09.